The smallest absolute Gasteiger partial charge is 0.327 e. The number of aromatic amines is 1. The molecular formula is C65H87N5O18S. The van der Waals surface area contributed by atoms with E-state index in [4.69, 9.17) is 47.4 Å². The Morgan fingerprint density at radius 1 is 0.438 bits per heavy atom. The van der Waals surface area contributed by atoms with Gasteiger partial charge < -0.3 is 67.2 Å². The molecule has 0 spiro atoms. The number of carbonyl (C=O) groups is 2. The number of H-pyrrole nitrogens is 1. The Hall–Kier alpha value is -7.30. The number of urea groups is 2. The summed E-state index contributed by atoms with van der Waals surface area (Å²) in [6, 6.07) is 31.5. The molecule has 8 rings (SSSR count). The van der Waals surface area contributed by atoms with Crippen LogP contribution in [-0.4, -0.2) is 170 Å². The van der Waals surface area contributed by atoms with Crippen molar-refractivity contribution >= 4 is 22.2 Å². The van der Waals surface area contributed by atoms with Crippen LogP contribution in [0.2, 0.25) is 0 Å². The van der Waals surface area contributed by atoms with Crippen LogP contribution in [0.1, 0.15) is 87.5 Å². The third-order valence-electron chi connectivity index (χ3n) is 15.2. The maximum Gasteiger partial charge on any atom is 0.327 e. The van der Waals surface area contributed by atoms with E-state index in [0.29, 0.717) is 33.4 Å². The molecule has 4 N–H and O–H groups in total. The lowest BCUT2D eigenvalue weighted by Crippen LogP contribution is -2.48. The second kappa shape index (κ2) is 34.0. The van der Waals surface area contributed by atoms with Gasteiger partial charge in [0, 0.05) is 127 Å². The number of carbonyl (C=O) groups excluding carboxylic acids is 2. The third kappa shape index (κ3) is 17.6. The molecule has 1 aromatic heterocycles. The van der Waals surface area contributed by atoms with E-state index < -0.39 is 33.3 Å². The van der Waals surface area contributed by atoms with Gasteiger partial charge in [-0.05, 0) is 90.2 Å². The highest BCUT2D eigenvalue weighted by Crippen LogP contribution is 2.46. The fourth-order valence-electron chi connectivity index (χ4n) is 10.6. The second-order valence-electron chi connectivity index (χ2n) is 21.6. The summed E-state index contributed by atoms with van der Waals surface area (Å²) in [5.74, 6) is 0.457. The fourth-order valence-corrected chi connectivity index (χ4v) is 11.1. The lowest BCUT2D eigenvalue weighted by Gasteiger charge is -2.35. The number of phenols is 3. The summed E-state index contributed by atoms with van der Waals surface area (Å²) in [7, 11) is 11.3. The fraction of sp³-hybridized carbons (Fsp3) is 0.431. The number of methoxy groups -OCH3 is 10. The minimum Gasteiger partial charge on any atom is -0.744 e. The number of fused-ring (bicyclic) bond motifs is 1. The molecule has 2 saturated heterocycles. The van der Waals surface area contributed by atoms with E-state index in [2.05, 4.69) is 50.0 Å². The van der Waals surface area contributed by atoms with Crippen LogP contribution in [0.15, 0.2) is 120 Å². The molecule has 4 amide bonds. The first-order valence-electron chi connectivity index (χ1n) is 28.2. The Balaban J connectivity index is 0.000000297. The Labute approximate surface area is 522 Å². The molecule has 486 valence electrons. The minimum atomic E-state index is -4.27. The number of rotatable bonds is 26. The van der Waals surface area contributed by atoms with Gasteiger partial charge in [-0.15, -0.1) is 0 Å². The molecule has 2 fully saturated rings. The van der Waals surface area contributed by atoms with Crippen molar-refractivity contribution in [3.05, 3.63) is 182 Å². The minimum absolute atomic E-state index is 0.0640. The van der Waals surface area contributed by atoms with E-state index >= 15 is 0 Å². The zero-order valence-electron chi connectivity index (χ0n) is 53.4. The van der Waals surface area contributed by atoms with Crippen molar-refractivity contribution in [2.75, 3.05) is 98.0 Å². The topological polar surface area (TPSA) is 271 Å². The van der Waals surface area contributed by atoms with Crippen molar-refractivity contribution in [2.24, 2.45) is 0 Å². The van der Waals surface area contributed by atoms with Crippen molar-refractivity contribution in [3.63, 3.8) is 0 Å². The number of amides is 4. The molecule has 6 aromatic rings. The predicted molar refractivity (Wildman–Crippen MR) is 328 cm³/mol. The number of aromatic hydroxyl groups is 3. The average molecular weight is 1260 g/mol. The Kier molecular flexibility index (Phi) is 27.7. The first kappa shape index (κ1) is 72.4. The predicted octanol–water partition coefficient (Wildman–Crippen LogP) is 8.29. The lowest BCUT2D eigenvalue weighted by atomic mass is 9.68. The van der Waals surface area contributed by atoms with E-state index in [0.717, 1.165) is 33.4 Å². The first-order valence-corrected chi connectivity index (χ1v) is 29.6. The monoisotopic (exact) mass is 1260 g/mol. The highest BCUT2D eigenvalue weighted by Gasteiger charge is 2.59. The van der Waals surface area contributed by atoms with Gasteiger partial charge in [0.25, 0.3) is 0 Å². The van der Waals surface area contributed by atoms with Crippen LogP contribution >= 0.6 is 0 Å². The SMILES string of the molecule is COCN1C(=O)N(COC)C2C1N(COC)C(=O)N2COC.COCc1cc(C(C)(C)c2ccc(C(C)(c3cc(COC)c(O)c(COC)c3)c3cc(COC)c(O)c(COC)c3)cc2)cc(COC)c1O.Cc1ccc(S(=O)(=O)[O-])cc1.c1cc[nH+]cc1. The van der Waals surface area contributed by atoms with E-state index in [1.165, 1.54) is 60.2 Å². The molecule has 2 aliphatic heterocycles. The Morgan fingerprint density at radius 2 is 0.730 bits per heavy atom. The molecule has 24 heteroatoms. The highest BCUT2D eigenvalue weighted by atomic mass is 32.2. The summed E-state index contributed by atoms with van der Waals surface area (Å²) >= 11 is 0. The lowest BCUT2D eigenvalue weighted by molar-refractivity contribution is -0.378. The van der Waals surface area contributed by atoms with Crippen LogP contribution in [0.4, 0.5) is 9.59 Å². The zero-order valence-corrected chi connectivity index (χ0v) is 54.2. The number of hydrogen-bond donors (Lipinski definition) is 3. The van der Waals surface area contributed by atoms with Gasteiger partial charge in [-0.1, -0.05) is 61.9 Å². The number of pyridine rings is 1. The molecule has 5 aromatic carbocycles. The molecule has 23 nitrogen and oxygen atoms in total. The molecule has 0 radical (unpaired) electrons. The number of aromatic nitrogens is 1. The average Bonchev–Trinajstić information content (AvgIpc) is 1.79. The highest BCUT2D eigenvalue weighted by molar-refractivity contribution is 7.85. The molecule has 89 heavy (non-hydrogen) atoms. The number of benzene rings is 5. The molecule has 0 bridgehead atoms. The summed E-state index contributed by atoms with van der Waals surface area (Å²) < 4.78 is 84.3. The van der Waals surface area contributed by atoms with Gasteiger partial charge in [-0.3, -0.25) is 19.6 Å². The summed E-state index contributed by atoms with van der Waals surface area (Å²) in [5, 5.41) is 33.2. The van der Waals surface area contributed by atoms with Crippen molar-refractivity contribution in [3.8, 4) is 17.2 Å². The van der Waals surface area contributed by atoms with Crippen molar-refractivity contribution in [1.29, 1.82) is 0 Å². The molecular weight excluding hydrogens is 1170 g/mol. The maximum atomic E-state index is 12.6. The van der Waals surface area contributed by atoms with Crippen LogP contribution in [0.25, 0.3) is 0 Å². The van der Waals surface area contributed by atoms with Gasteiger partial charge in [-0.25, -0.2) is 23.0 Å². The molecule has 2 aliphatic rings. The number of aryl methyl sites for hydroxylation is 1. The van der Waals surface area contributed by atoms with Crippen molar-refractivity contribution < 1.29 is 90.2 Å². The third-order valence-corrected chi connectivity index (χ3v) is 16.0. The number of hydrogen-bond acceptors (Lipinski definition) is 18. The van der Waals surface area contributed by atoms with Crippen molar-refractivity contribution in [2.45, 2.75) is 95.4 Å². The Morgan fingerprint density at radius 3 is 0.978 bits per heavy atom. The van der Waals surface area contributed by atoms with Gasteiger partial charge >= 0.3 is 12.1 Å². The van der Waals surface area contributed by atoms with Crippen molar-refractivity contribution in [1.82, 2.24) is 19.6 Å². The van der Waals surface area contributed by atoms with Crippen LogP contribution in [0, 0.1) is 6.92 Å². The number of ether oxygens (including phenoxy) is 10. The molecule has 0 saturated carbocycles. The number of nitrogens with zero attached hydrogens (tertiary/aromatic N) is 4. The summed E-state index contributed by atoms with van der Waals surface area (Å²) in [6.45, 7) is 9.91. The molecule has 0 unspecified atom stereocenters. The van der Waals surface area contributed by atoms with Gasteiger partial charge in [0.05, 0.1) is 44.5 Å². The van der Waals surface area contributed by atoms with Crippen LogP contribution in [-0.2, 0) is 108 Å². The van der Waals surface area contributed by atoms with Gasteiger partial charge in [-0.2, -0.15) is 0 Å². The molecule has 0 atom stereocenters. The van der Waals surface area contributed by atoms with Gasteiger partial charge in [0.15, 0.2) is 24.7 Å². The van der Waals surface area contributed by atoms with Gasteiger partial charge in [0.1, 0.15) is 54.3 Å². The molecule has 3 heterocycles. The summed E-state index contributed by atoms with van der Waals surface area (Å²) in [6.07, 6.45) is 2.70. The van der Waals surface area contributed by atoms with Crippen LogP contribution < -0.4 is 4.98 Å². The summed E-state index contributed by atoms with van der Waals surface area (Å²) in [5.41, 5.74) is 8.54. The van der Waals surface area contributed by atoms with E-state index in [-0.39, 0.29) is 101 Å². The largest absolute Gasteiger partial charge is 0.744 e. The van der Waals surface area contributed by atoms with Crippen LogP contribution in [0.5, 0.6) is 17.2 Å². The van der Waals surface area contributed by atoms with E-state index in [1.807, 2.05) is 73.9 Å². The quantitative estimate of drug-likeness (QED) is 0.0340. The molecule has 0 aliphatic carbocycles. The number of phenolic OH excluding ortho intramolecular Hbond substituents is 3. The zero-order chi connectivity index (χ0) is 65.6. The van der Waals surface area contributed by atoms with E-state index in [1.54, 1.807) is 54.8 Å². The normalized spacial score (nSPS) is 14.9. The standard InChI is InChI=1S/C41H52O9.C12H22N4O6.C7H8O3S.C5H5N/c1-40(2,34-14-26(20-45-4)37(42)27(15-34)21-46-5)32-10-12-33(13-11-32)41(3,35-16-28(22-47-6)38(43)29(17-35)23-48-7)36-18-30(24-49-8)39(44)31(19-36)25-50-9;1-19-5-13-9-10(15(7-21-3)11(13)17)16(8-22-4)12(18)14(9)6-20-2;1-6-2-4-7(5-3-6)11(8,9)10;1-2-4-6-5-3-1/h10-19,42-44H,20-25H2,1-9H3;9-10H,5-8H2,1-4H3;2-5H,1H3,(H,8,9,10);1-5H. The Bertz CT molecular complexity index is 3080. The maximum absolute atomic E-state index is 12.6. The van der Waals surface area contributed by atoms with Gasteiger partial charge in [0.2, 0.25) is 0 Å². The number of nitrogens with one attached hydrogen (secondary N) is 1. The van der Waals surface area contributed by atoms with E-state index in [9.17, 15) is 37.9 Å². The second-order valence-corrected chi connectivity index (χ2v) is 23.0. The first-order chi connectivity index (χ1) is 42.5. The summed E-state index contributed by atoms with van der Waals surface area (Å²) in [4.78, 5) is 33.7. The van der Waals surface area contributed by atoms with Crippen LogP contribution in [0.3, 0.4) is 0 Å².